The van der Waals surface area contributed by atoms with Crippen LogP contribution in [0.5, 0.6) is 0 Å². The number of carbonyl (C=O) groups excluding carboxylic acids is 1. The van der Waals surface area contributed by atoms with E-state index in [1.54, 1.807) is 22.5 Å². The molecule has 1 unspecified atom stereocenters. The predicted octanol–water partition coefficient (Wildman–Crippen LogP) is 2.81. The molecule has 3 heterocycles. The minimum Gasteiger partial charge on any atom is -0.331 e. The van der Waals surface area contributed by atoms with Crippen molar-refractivity contribution in [1.82, 2.24) is 19.1 Å². The van der Waals surface area contributed by atoms with E-state index in [0.29, 0.717) is 11.3 Å². The summed E-state index contributed by atoms with van der Waals surface area (Å²) in [6, 6.07) is 4.05. The number of carbonyl (C=O) groups is 1. The molecule has 1 aromatic carbocycles. The van der Waals surface area contributed by atoms with Gasteiger partial charge in [-0.2, -0.15) is 17.6 Å². The average molecular weight is 458 g/mol. The Morgan fingerprint density at radius 1 is 1.29 bits per heavy atom. The number of nitrogens with two attached hydrogens (primary N) is 1. The Bertz CT molecular complexity index is 1310. The first kappa shape index (κ1) is 21.4. The Balaban J connectivity index is 1.56. The molecule has 0 fully saturated rings. The van der Waals surface area contributed by atoms with Gasteiger partial charge in [0.05, 0.1) is 32.9 Å². The molecule has 0 bridgehead atoms. The van der Waals surface area contributed by atoms with E-state index in [0.717, 1.165) is 25.4 Å². The van der Waals surface area contributed by atoms with Gasteiger partial charge in [-0.1, -0.05) is 17.7 Å². The molecule has 1 aliphatic rings. The van der Waals surface area contributed by atoms with E-state index >= 15 is 0 Å². The van der Waals surface area contributed by atoms with Crippen molar-refractivity contribution in [2.45, 2.75) is 44.8 Å². The van der Waals surface area contributed by atoms with E-state index in [4.69, 9.17) is 5.73 Å². The van der Waals surface area contributed by atoms with Crippen molar-refractivity contribution in [2.75, 3.05) is 0 Å². The van der Waals surface area contributed by atoms with Crippen LogP contribution < -0.4 is 5.73 Å². The van der Waals surface area contributed by atoms with Gasteiger partial charge in [0.1, 0.15) is 6.04 Å². The summed E-state index contributed by atoms with van der Waals surface area (Å²) in [6.07, 6.45) is 5.18. The minimum absolute atomic E-state index is 0.153. The first-order chi connectivity index (χ1) is 14.7. The van der Waals surface area contributed by atoms with Crippen molar-refractivity contribution in [2.24, 2.45) is 5.73 Å². The van der Waals surface area contributed by atoms with Gasteiger partial charge in [-0.15, -0.1) is 11.3 Å². The van der Waals surface area contributed by atoms with E-state index in [1.165, 1.54) is 23.6 Å². The summed E-state index contributed by atoms with van der Waals surface area (Å²) in [5.41, 5.74) is 11.7. The zero-order valence-corrected chi connectivity index (χ0v) is 19.1. The Morgan fingerprint density at radius 2 is 2.06 bits per heavy atom. The molecule has 4 rings (SSSR count). The molecular weight excluding hydrogens is 434 g/mol. The predicted molar refractivity (Wildman–Crippen MR) is 120 cm³/mol. The second kappa shape index (κ2) is 8.03. The number of aromatic nitrogens is 3. The lowest BCUT2D eigenvalue weighted by atomic mass is 10.0. The summed E-state index contributed by atoms with van der Waals surface area (Å²) in [4.78, 5) is 18.8. The van der Waals surface area contributed by atoms with Crippen LogP contribution in [0, 0.1) is 0 Å². The second-order valence-corrected chi connectivity index (χ2v) is 10.3. The number of allylic oxidation sites excluding steroid dienone is 2. The van der Waals surface area contributed by atoms with Gasteiger partial charge in [0.15, 0.2) is 0 Å². The summed E-state index contributed by atoms with van der Waals surface area (Å²) in [6.45, 7) is 6.21. The van der Waals surface area contributed by atoms with Crippen LogP contribution in [0.1, 0.15) is 32.0 Å². The van der Waals surface area contributed by atoms with E-state index in [2.05, 4.69) is 10.1 Å². The maximum Gasteiger partial charge on any atom is 0.283 e. The van der Waals surface area contributed by atoms with Crippen LogP contribution in [0.15, 0.2) is 58.1 Å². The van der Waals surface area contributed by atoms with Gasteiger partial charge in [-0.05, 0) is 44.5 Å². The number of thiazole rings is 1. The van der Waals surface area contributed by atoms with Gasteiger partial charge < -0.3 is 10.6 Å². The Morgan fingerprint density at radius 3 is 2.74 bits per heavy atom. The third kappa shape index (κ3) is 3.82. The van der Waals surface area contributed by atoms with Crippen LogP contribution in [-0.4, -0.2) is 39.4 Å². The largest absolute Gasteiger partial charge is 0.331 e. The smallest absolute Gasteiger partial charge is 0.283 e. The molecule has 1 aliphatic heterocycles. The van der Waals surface area contributed by atoms with Gasteiger partial charge in [-0.25, -0.2) is 4.98 Å². The summed E-state index contributed by atoms with van der Waals surface area (Å²) in [7, 11) is -3.83. The highest BCUT2D eigenvalue weighted by atomic mass is 32.2. The molecule has 0 spiro atoms. The standard InChI is InChI=1S/C21H23N5O3S2/c1-4-5-16(13(2)3)20(22)21(27)25-9-14-10-26(24-18(14)11-25)31(28,29)15-6-7-17-19(8-15)30-12-23-17/h4-8,10,12,20H,9,11,22H2,1-3H3/b5-4-. The van der Waals surface area contributed by atoms with Crippen molar-refractivity contribution >= 4 is 37.5 Å². The Kier molecular flexibility index (Phi) is 5.54. The van der Waals surface area contributed by atoms with Crippen molar-refractivity contribution in [3.8, 4) is 0 Å². The SMILES string of the molecule is C/C=C\C(=C(C)C)C(N)C(=O)N1Cc2cn(S(=O)(=O)c3ccc4ncsc4c3)nc2C1. The fraction of sp³-hybridized carbons (Fsp3) is 0.286. The molecular formula is C21H23N5O3S2. The van der Waals surface area contributed by atoms with Gasteiger partial charge in [-0.3, -0.25) is 4.79 Å². The lowest BCUT2D eigenvalue weighted by Crippen LogP contribution is -2.42. The van der Waals surface area contributed by atoms with Crippen LogP contribution in [0.4, 0.5) is 0 Å². The number of amides is 1. The monoisotopic (exact) mass is 457 g/mol. The van der Waals surface area contributed by atoms with Gasteiger partial charge >= 0.3 is 0 Å². The van der Waals surface area contributed by atoms with Crippen molar-refractivity contribution in [1.29, 1.82) is 0 Å². The number of rotatable bonds is 5. The van der Waals surface area contributed by atoms with Crippen molar-refractivity contribution < 1.29 is 13.2 Å². The van der Waals surface area contributed by atoms with Crippen LogP contribution in [-0.2, 0) is 27.9 Å². The van der Waals surface area contributed by atoms with E-state index in [-0.39, 0.29) is 23.9 Å². The zero-order valence-electron chi connectivity index (χ0n) is 17.4. The fourth-order valence-corrected chi connectivity index (χ4v) is 5.59. The van der Waals surface area contributed by atoms with Crippen LogP contribution in [0.3, 0.4) is 0 Å². The van der Waals surface area contributed by atoms with E-state index in [1.807, 2.05) is 32.9 Å². The van der Waals surface area contributed by atoms with Crippen LogP contribution in [0.2, 0.25) is 0 Å². The molecule has 0 saturated carbocycles. The number of hydrogen-bond donors (Lipinski definition) is 1. The molecule has 1 amide bonds. The first-order valence-electron chi connectivity index (χ1n) is 9.73. The Hall–Kier alpha value is -2.82. The normalized spacial score (nSPS) is 14.9. The first-order valence-corrected chi connectivity index (χ1v) is 12.0. The van der Waals surface area contributed by atoms with E-state index < -0.39 is 16.1 Å². The molecule has 1 atom stereocenters. The maximum absolute atomic E-state index is 13.0. The van der Waals surface area contributed by atoms with Crippen molar-refractivity contribution in [3.05, 3.63) is 64.5 Å². The lowest BCUT2D eigenvalue weighted by molar-refractivity contribution is -0.132. The second-order valence-electron chi connectivity index (χ2n) is 7.59. The summed E-state index contributed by atoms with van der Waals surface area (Å²) in [5, 5.41) is 4.27. The molecule has 3 aromatic rings. The molecule has 31 heavy (non-hydrogen) atoms. The zero-order chi connectivity index (χ0) is 22.3. The van der Waals surface area contributed by atoms with Crippen LogP contribution in [0.25, 0.3) is 10.2 Å². The molecule has 2 aromatic heterocycles. The molecule has 10 heteroatoms. The van der Waals surface area contributed by atoms with Gasteiger partial charge in [0, 0.05) is 18.3 Å². The van der Waals surface area contributed by atoms with Gasteiger partial charge in [0.2, 0.25) is 5.91 Å². The number of fused-ring (bicyclic) bond motifs is 2. The lowest BCUT2D eigenvalue weighted by Gasteiger charge is -2.22. The molecule has 0 aliphatic carbocycles. The molecule has 0 radical (unpaired) electrons. The quantitative estimate of drug-likeness (QED) is 0.590. The Labute approximate surface area is 184 Å². The highest BCUT2D eigenvalue weighted by molar-refractivity contribution is 7.89. The number of benzene rings is 1. The van der Waals surface area contributed by atoms with E-state index in [9.17, 15) is 13.2 Å². The highest BCUT2D eigenvalue weighted by Crippen LogP contribution is 2.27. The summed E-state index contributed by atoms with van der Waals surface area (Å²) < 4.78 is 27.9. The molecule has 2 N–H and O–H groups in total. The van der Waals surface area contributed by atoms with Crippen LogP contribution >= 0.6 is 11.3 Å². The highest BCUT2D eigenvalue weighted by Gasteiger charge is 2.32. The topological polar surface area (TPSA) is 111 Å². The summed E-state index contributed by atoms with van der Waals surface area (Å²) >= 11 is 1.38. The maximum atomic E-state index is 13.0. The molecule has 8 nitrogen and oxygen atoms in total. The minimum atomic E-state index is -3.83. The van der Waals surface area contributed by atoms with Gasteiger partial charge in [0.25, 0.3) is 10.0 Å². The number of hydrogen-bond acceptors (Lipinski definition) is 7. The van der Waals surface area contributed by atoms with Crippen molar-refractivity contribution in [3.63, 3.8) is 0 Å². The number of nitrogens with zero attached hydrogens (tertiary/aromatic N) is 4. The third-order valence-corrected chi connectivity index (χ3v) is 7.56. The average Bonchev–Trinajstić information content (AvgIpc) is 3.44. The fourth-order valence-electron chi connectivity index (χ4n) is 3.60. The molecule has 162 valence electrons. The molecule has 0 saturated heterocycles. The summed E-state index contributed by atoms with van der Waals surface area (Å²) in [5.74, 6) is -0.211. The third-order valence-electron chi connectivity index (χ3n) is 5.24.